The zero-order valence-corrected chi connectivity index (χ0v) is 19.1. The van der Waals surface area contributed by atoms with Gasteiger partial charge in [-0.15, -0.1) is 5.10 Å². The van der Waals surface area contributed by atoms with Gasteiger partial charge < -0.3 is 14.2 Å². The molecule has 0 aliphatic carbocycles. The van der Waals surface area contributed by atoms with Gasteiger partial charge in [0.15, 0.2) is 17.3 Å². The number of benzene rings is 2. The Hall–Kier alpha value is -3.39. The summed E-state index contributed by atoms with van der Waals surface area (Å²) in [5, 5.41) is 4.41. The molecule has 4 rings (SSSR count). The Kier molecular flexibility index (Phi) is 6.70. The van der Waals surface area contributed by atoms with E-state index in [4.69, 9.17) is 14.2 Å². The van der Waals surface area contributed by atoms with Gasteiger partial charge in [-0.25, -0.2) is 0 Å². The molecule has 0 bridgehead atoms. The minimum Gasteiger partial charge on any atom is -0.496 e. The van der Waals surface area contributed by atoms with E-state index in [2.05, 4.69) is 17.0 Å². The lowest BCUT2D eigenvalue weighted by molar-refractivity contribution is 0.286. The van der Waals surface area contributed by atoms with Gasteiger partial charge in [-0.2, -0.15) is 9.50 Å². The minimum atomic E-state index is -0.211. The molecule has 32 heavy (non-hydrogen) atoms. The normalized spacial score (nSPS) is 11.8. The van der Waals surface area contributed by atoms with E-state index in [-0.39, 0.29) is 5.56 Å². The van der Waals surface area contributed by atoms with Crippen molar-refractivity contribution >= 4 is 22.4 Å². The fraction of sp³-hybridized carbons (Fsp3) is 0.292. The van der Waals surface area contributed by atoms with Crippen LogP contribution in [0.1, 0.15) is 31.7 Å². The van der Waals surface area contributed by atoms with Crippen LogP contribution in [0.3, 0.4) is 0 Å². The summed E-state index contributed by atoms with van der Waals surface area (Å²) in [5.74, 6) is 2.46. The standard InChI is InChI=1S/C24H25N3O4S/c1-4-5-8-13-31-19-12-11-16(14-20(19)30-3)15-21-23(28)27-24(32-21)25-22(26-27)17-9-6-7-10-18(17)29-2/h6-7,9-12,14-15H,4-5,8,13H2,1-3H3/b21-15-. The molecule has 0 aliphatic heterocycles. The van der Waals surface area contributed by atoms with Crippen molar-refractivity contribution in [3.8, 4) is 28.6 Å². The number of unbranched alkanes of at least 4 members (excludes halogenated alkanes) is 2. The van der Waals surface area contributed by atoms with Crippen molar-refractivity contribution in [3.05, 3.63) is 62.9 Å². The molecule has 0 spiro atoms. The summed E-state index contributed by atoms with van der Waals surface area (Å²) in [5.41, 5.74) is 1.38. The minimum absolute atomic E-state index is 0.211. The summed E-state index contributed by atoms with van der Waals surface area (Å²) in [7, 11) is 3.21. The first kappa shape index (κ1) is 21.8. The second-order valence-electron chi connectivity index (χ2n) is 7.21. The number of ether oxygens (including phenoxy) is 3. The number of hydrogen-bond donors (Lipinski definition) is 0. The second kappa shape index (κ2) is 9.82. The molecule has 8 heteroatoms. The molecule has 166 valence electrons. The third-order valence-corrected chi connectivity index (χ3v) is 5.98. The summed E-state index contributed by atoms with van der Waals surface area (Å²) in [4.78, 5) is 18.0. The molecular formula is C24H25N3O4S. The average Bonchev–Trinajstić information content (AvgIpc) is 3.36. The highest BCUT2D eigenvalue weighted by atomic mass is 32.1. The molecule has 0 aliphatic rings. The molecule has 0 saturated heterocycles. The lowest BCUT2D eigenvalue weighted by Crippen LogP contribution is -2.23. The predicted molar refractivity (Wildman–Crippen MR) is 126 cm³/mol. The first-order valence-electron chi connectivity index (χ1n) is 10.5. The van der Waals surface area contributed by atoms with E-state index in [0.29, 0.717) is 39.2 Å². The maximum absolute atomic E-state index is 12.9. The van der Waals surface area contributed by atoms with E-state index in [1.54, 1.807) is 14.2 Å². The molecule has 4 aromatic rings. The van der Waals surface area contributed by atoms with Gasteiger partial charge in [0.2, 0.25) is 4.96 Å². The summed E-state index contributed by atoms with van der Waals surface area (Å²) in [6.07, 6.45) is 5.10. The van der Waals surface area contributed by atoms with E-state index in [1.807, 2.05) is 48.5 Å². The van der Waals surface area contributed by atoms with Crippen molar-refractivity contribution in [3.63, 3.8) is 0 Å². The lowest BCUT2D eigenvalue weighted by atomic mass is 10.2. The molecule has 0 N–H and O–H groups in total. The van der Waals surface area contributed by atoms with Crippen molar-refractivity contribution in [1.82, 2.24) is 14.6 Å². The summed E-state index contributed by atoms with van der Waals surface area (Å²) >= 11 is 1.29. The van der Waals surface area contributed by atoms with Gasteiger partial charge >= 0.3 is 0 Å². The van der Waals surface area contributed by atoms with Crippen LogP contribution < -0.4 is 24.3 Å². The first-order chi connectivity index (χ1) is 15.6. The van der Waals surface area contributed by atoms with Gasteiger partial charge in [0.05, 0.1) is 30.9 Å². The number of aromatic nitrogens is 3. The Balaban J connectivity index is 1.64. The average molecular weight is 452 g/mol. The van der Waals surface area contributed by atoms with E-state index >= 15 is 0 Å². The molecule has 2 aromatic heterocycles. The molecule has 0 radical (unpaired) electrons. The third-order valence-electron chi connectivity index (χ3n) is 5.02. The number of fused-ring (bicyclic) bond motifs is 1. The van der Waals surface area contributed by atoms with Crippen molar-refractivity contribution in [2.75, 3.05) is 20.8 Å². The topological polar surface area (TPSA) is 75.0 Å². The van der Waals surface area contributed by atoms with Gasteiger partial charge in [0.25, 0.3) is 5.56 Å². The van der Waals surface area contributed by atoms with Crippen molar-refractivity contribution in [1.29, 1.82) is 0 Å². The highest BCUT2D eigenvalue weighted by molar-refractivity contribution is 7.15. The van der Waals surface area contributed by atoms with Crippen LogP contribution in [0.5, 0.6) is 17.2 Å². The molecule has 2 heterocycles. The first-order valence-corrected chi connectivity index (χ1v) is 11.3. The van der Waals surface area contributed by atoms with Gasteiger partial charge in [0.1, 0.15) is 5.75 Å². The van der Waals surface area contributed by atoms with Crippen LogP contribution in [0.15, 0.2) is 47.3 Å². The summed E-state index contributed by atoms with van der Waals surface area (Å²) in [6, 6.07) is 13.1. The Morgan fingerprint density at radius 1 is 1.03 bits per heavy atom. The molecule has 0 fully saturated rings. The van der Waals surface area contributed by atoms with Crippen LogP contribution in [-0.2, 0) is 0 Å². The maximum atomic E-state index is 12.9. The Bertz CT molecular complexity index is 1330. The van der Waals surface area contributed by atoms with Gasteiger partial charge in [-0.3, -0.25) is 4.79 Å². The van der Waals surface area contributed by atoms with E-state index in [9.17, 15) is 4.79 Å². The largest absolute Gasteiger partial charge is 0.496 e. The number of rotatable bonds is 9. The van der Waals surface area contributed by atoms with Crippen LogP contribution in [0.4, 0.5) is 0 Å². The highest BCUT2D eigenvalue weighted by Crippen LogP contribution is 2.29. The van der Waals surface area contributed by atoms with Gasteiger partial charge in [0, 0.05) is 0 Å². The molecular weight excluding hydrogens is 426 g/mol. The molecule has 0 saturated carbocycles. The highest BCUT2D eigenvalue weighted by Gasteiger charge is 2.15. The van der Waals surface area contributed by atoms with Crippen molar-refractivity contribution < 1.29 is 14.2 Å². The Morgan fingerprint density at radius 3 is 2.59 bits per heavy atom. The fourth-order valence-electron chi connectivity index (χ4n) is 3.36. The predicted octanol–water partition coefficient (Wildman–Crippen LogP) is 3.95. The van der Waals surface area contributed by atoms with Crippen LogP contribution in [0, 0.1) is 0 Å². The Morgan fingerprint density at radius 2 is 1.84 bits per heavy atom. The Labute approximate surface area is 189 Å². The van der Waals surface area contributed by atoms with E-state index in [1.165, 1.54) is 15.9 Å². The summed E-state index contributed by atoms with van der Waals surface area (Å²) in [6.45, 7) is 2.81. The fourth-order valence-corrected chi connectivity index (χ4v) is 4.26. The van der Waals surface area contributed by atoms with Crippen LogP contribution >= 0.6 is 11.3 Å². The zero-order valence-electron chi connectivity index (χ0n) is 18.3. The SMILES string of the molecule is CCCCCOc1ccc(/C=c2\sc3nc(-c4ccccc4OC)nn3c2=O)cc1OC. The molecule has 0 unspecified atom stereocenters. The van der Waals surface area contributed by atoms with E-state index in [0.717, 1.165) is 30.4 Å². The number of thiazole rings is 1. The van der Waals surface area contributed by atoms with E-state index < -0.39 is 0 Å². The van der Waals surface area contributed by atoms with Crippen LogP contribution in [0.2, 0.25) is 0 Å². The molecule has 0 atom stereocenters. The third kappa shape index (κ3) is 4.45. The monoisotopic (exact) mass is 451 g/mol. The number of hydrogen-bond acceptors (Lipinski definition) is 7. The smallest absolute Gasteiger partial charge is 0.291 e. The lowest BCUT2D eigenvalue weighted by Gasteiger charge is -2.11. The van der Waals surface area contributed by atoms with Gasteiger partial charge in [-0.1, -0.05) is 49.3 Å². The number of nitrogens with zero attached hydrogens (tertiary/aromatic N) is 3. The molecule has 0 amide bonds. The second-order valence-corrected chi connectivity index (χ2v) is 8.22. The molecule has 2 aromatic carbocycles. The van der Waals surface area contributed by atoms with Crippen LogP contribution in [0.25, 0.3) is 22.4 Å². The summed E-state index contributed by atoms with van der Waals surface area (Å²) < 4.78 is 18.6. The van der Waals surface area contributed by atoms with Crippen molar-refractivity contribution in [2.24, 2.45) is 0 Å². The quantitative estimate of drug-likeness (QED) is 0.359. The zero-order chi connectivity index (χ0) is 22.5. The number of methoxy groups -OCH3 is 2. The van der Waals surface area contributed by atoms with Crippen LogP contribution in [-0.4, -0.2) is 35.4 Å². The van der Waals surface area contributed by atoms with Crippen molar-refractivity contribution in [2.45, 2.75) is 26.2 Å². The number of para-hydroxylation sites is 1. The maximum Gasteiger partial charge on any atom is 0.291 e. The van der Waals surface area contributed by atoms with Gasteiger partial charge in [-0.05, 0) is 42.3 Å². The molecule has 7 nitrogen and oxygen atoms in total.